The van der Waals surface area contributed by atoms with Crippen LogP contribution < -0.4 is 10.1 Å². The van der Waals surface area contributed by atoms with Gasteiger partial charge in [0, 0.05) is 18.1 Å². The molecule has 3 nitrogen and oxygen atoms in total. The summed E-state index contributed by atoms with van der Waals surface area (Å²) in [6, 6.07) is 8.27. The van der Waals surface area contributed by atoms with E-state index >= 15 is 0 Å². The van der Waals surface area contributed by atoms with Crippen LogP contribution in [0, 0.1) is 0 Å². The van der Waals surface area contributed by atoms with Crippen LogP contribution in [0.15, 0.2) is 30.5 Å². The van der Waals surface area contributed by atoms with Crippen molar-refractivity contribution in [3.8, 4) is 5.88 Å². The van der Waals surface area contributed by atoms with Gasteiger partial charge in [-0.15, -0.1) is 0 Å². The summed E-state index contributed by atoms with van der Waals surface area (Å²) in [4.78, 5) is 4.44. The lowest BCUT2D eigenvalue weighted by Gasteiger charge is -2.11. The summed E-state index contributed by atoms with van der Waals surface area (Å²) in [6.07, 6.45) is 4.10. The molecule has 96 valence electrons. The van der Waals surface area contributed by atoms with Gasteiger partial charge in [-0.25, -0.2) is 4.98 Å². The predicted octanol–water partition coefficient (Wildman–Crippen LogP) is 3.13. The normalized spacial score (nSPS) is 10.8. The molecule has 1 N–H and O–H groups in total. The molecule has 0 aliphatic carbocycles. The number of hydrogen-bond acceptors (Lipinski definition) is 3. The van der Waals surface area contributed by atoms with Crippen molar-refractivity contribution in [1.29, 1.82) is 0 Å². The number of rotatable bonds is 6. The number of ether oxygens (including phenoxy) is 1. The van der Waals surface area contributed by atoms with Gasteiger partial charge in [0.05, 0.1) is 6.61 Å². The Morgan fingerprint density at radius 1 is 1.22 bits per heavy atom. The third-order valence-corrected chi connectivity index (χ3v) is 2.94. The zero-order valence-corrected chi connectivity index (χ0v) is 11.1. The third kappa shape index (κ3) is 2.79. The van der Waals surface area contributed by atoms with Gasteiger partial charge in [0.25, 0.3) is 0 Å². The van der Waals surface area contributed by atoms with Crippen molar-refractivity contribution in [1.82, 2.24) is 10.3 Å². The van der Waals surface area contributed by atoms with Gasteiger partial charge >= 0.3 is 0 Å². The van der Waals surface area contributed by atoms with Gasteiger partial charge in [0.15, 0.2) is 0 Å². The predicted molar refractivity (Wildman–Crippen MR) is 74.9 cm³/mol. The quantitative estimate of drug-likeness (QED) is 0.793. The molecule has 0 saturated carbocycles. The summed E-state index contributed by atoms with van der Waals surface area (Å²) in [6.45, 7) is 3.71. The summed E-state index contributed by atoms with van der Waals surface area (Å²) in [5.41, 5.74) is 1.20. The molecule has 0 amide bonds. The first kappa shape index (κ1) is 12.8. The molecule has 0 saturated heterocycles. The van der Waals surface area contributed by atoms with E-state index in [0.717, 1.165) is 37.3 Å². The smallest absolute Gasteiger partial charge is 0.221 e. The van der Waals surface area contributed by atoms with Crippen molar-refractivity contribution in [2.45, 2.75) is 26.3 Å². The molecule has 3 heteroatoms. The number of aromatic nitrogens is 1. The van der Waals surface area contributed by atoms with Crippen LogP contribution in [0.25, 0.3) is 10.8 Å². The maximum absolute atomic E-state index is 5.76. The van der Waals surface area contributed by atoms with Gasteiger partial charge in [-0.05, 0) is 30.5 Å². The fourth-order valence-corrected chi connectivity index (χ4v) is 1.98. The molecule has 1 heterocycles. The maximum atomic E-state index is 5.76. The Morgan fingerprint density at radius 2 is 2.00 bits per heavy atom. The van der Waals surface area contributed by atoms with Gasteiger partial charge in [-0.3, -0.25) is 0 Å². The lowest BCUT2D eigenvalue weighted by Crippen LogP contribution is -2.07. The van der Waals surface area contributed by atoms with E-state index in [-0.39, 0.29) is 0 Å². The fraction of sp³-hybridized carbons (Fsp3) is 0.400. The van der Waals surface area contributed by atoms with Crippen LogP contribution in [0.3, 0.4) is 0 Å². The van der Waals surface area contributed by atoms with E-state index in [1.54, 1.807) is 0 Å². The van der Waals surface area contributed by atoms with Crippen LogP contribution in [0.4, 0.5) is 0 Å². The molecule has 0 atom stereocenters. The first-order valence-corrected chi connectivity index (χ1v) is 6.50. The zero-order valence-electron chi connectivity index (χ0n) is 11.1. The third-order valence-electron chi connectivity index (χ3n) is 2.94. The van der Waals surface area contributed by atoms with E-state index < -0.39 is 0 Å². The molecule has 0 fully saturated rings. The molecule has 0 spiro atoms. The second-order valence-electron chi connectivity index (χ2n) is 4.37. The van der Waals surface area contributed by atoms with E-state index in [1.165, 1.54) is 10.9 Å². The number of nitrogens with one attached hydrogen (secondary N) is 1. The molecule has 18 heavy (non-hydrogen) atoms. The highest BCUT2D eigenvalue weighted by molar-refractivity contribution is 5.89. The summed E-state index contributed by atoms with van der Waals surface area (Å²) >= 11 is 0. The number of benzene rings is 1. The van der Waals surface area contributed by atoms with E-state index in [0.29, 0.717) is 0 Å². The molecule has 2 rings (SSSR count). The molecular formula is C15H20N2O. The van der Waals surface area contributed by atoms with Crippen molar-refractivity contribution in [2.24, 2.45) is 0 Å². The van der Waals surface area contributed by atoms with Crippen LogP contribution in [0.2, 0.25) is 0 Å². The van der Waals surface area contributed by atoms with Crippen molar-refractivity contribution in [3.05, 3.63) is 36.0 Å². The second-order valence-corrected chi connectivity index (χ2v) is 4.37. The highest BCUT2D eigenvalue weighted by Gasteiger charge is 2.07. The largest absolute Gasteiger partial charge is 0.477 e. The minimum atomic E-state index is 0.735. The number of fused-ring (bicyclic) bond motifs is 1. The van der Waals surface area contributed by atoms with Crippen molar-refractivity contribution in [3.63, 3.8) is 0 Å². The Bertz CT molecular complexity index is 511. The monoisotopic (exact) mass is 244 g/mol. The number of pyridine rings is 1. The minimum Gasteiger partial charge on any atom is -0.477 e. The van der Waals surface area contributed by atoms with Crippen LogP contribution in [0.5, 0.6) is 5.88 Å². The van der Waals surface area contributed by atoms with E-state index in [2.05, 4.69) is 35.4 Å². The Balaban J connectivity index is 2.34. The minimum absolute atomic E-state index is 0.735. The average Bonchev–Trinajstić information content (AvgIpc) is 2.41. The van der Waals surface area contributed by atoms with Crippen molar-refractivity contribution < 1.29 is 4.74 Å². The number of unbranched alkanes of at least 4 members (excludes halogenated alkanes) is 1. The highest BCUT2D eigenvalue weighted by Crippen LogP contribution is 2.26. The van der Waals surface area contributed by atoms with Gasteiger partial charge < -0.3 is 10.1 Å². The Morgan fingerprint density at radius 3 is 2.72 bits per heavy atom. The first-order chi connectivity index (χ1) is 8.86. The molecule has 0 radical (unpaired) electrons. The van der Waals surface area contributed by atoms with Gasteiger partial charge in [0.2, 0.25) is 5.88 Å². The summed E-state index contributed by atoms with van der Waals surface area (Å²) < 4.78 is 5.76. The molecule has 0 aliphatic heterocycles. The molecule has 1 aromatic heterocycles. The SMILES string of the molecule is CCCCOc1ncc(CNC)c2ccccc12. The number of hydrogen-bond donors (Lipinski definition) is 1. The average molecular weight is 244 g/mol. The lowest BCUT2D eigenvalue weighted by atomic mass is 10.1. The van der Waals surface area contributed by atoms with Gasteiger partial charge in [0.1, 0.15) is 0 Å². The Labute approximate surface area is 108 Å². The van der Waals surface area contributed by atoms with E-state index in [1.807, 2.05) is 19.3 Å². The van der Waals surface area contributed by atoms with Gasteiger partial charge in [-0.1, -0.05) is 31.5 Å². The molecule has 1 aromatic carbocycles. The van der Waals surface area contributed by atoms with Crippen LogP contribution in [0.1, 0.15) is 25.3 Å². The zero-order chi connectivity index (χ0) is 12.8. The van der Waals surface area contributed by atoms with Crippen molar-refractivity contribution >= 4 is 10.8 Å². The van der Waals surface area contributed by atoms with E-state index in [4.69, 9.17) is 4.74 Å². The van der Waals surface area contributed by atoms with Crippen LogP contribution in [-0.2, 0) is 6.54 Å². The summed E-state index contributed by atoms with van der Waals surface area (Å²) in [5, 5.41) is 5.48. The molecular weight excluding hydrogens is 224 g/mol. The molecule has 0 aliphatic rings. The molecule has 2 aromatic rings. The Hall–Kier alpha value is -1.61. The topological polar surface area (TPSA) is 34.1 Å². The first-order valence-electron chi connectivity index (χ1n) is 6.50. The van der Waals surface area contributed by atoms with Gasteiger partial charge in [-0.2, -0.15) is 0 Å². The molecule has 0 bridgehead atoms. The second kappa shape index (κ2) is 6.36. The van der Waals surface area contributed by atoms with E-state index in [9.17, 15) is 0 Å². The molecule has 0 unspecified atom stereocenters. The summed E-state index contributed by atoms with van der Waals surface area (Å²) in [5.74, 6) is 0.749. The Kier molecular flexibility index (Phi) is 4.53. The maximum Gasteiger partial charge on any atom is 0.221 e. The standard InChI is InChI=1S/C15H20N2O/c1-3-4-9-18-15-14-8-6-5-7-13(14)12(10-16-2)11-17-15/h5-8,11,16H,3-4,9-10H2,1-2H3. The van der Waals surface area contributed by atoms with Crippen LogP contribution >= 0.6 is 0 Å². The van der Waals surface area contributed by atoms with Crippen molar-refractivity contribution in [2.75, 3.05) is 13.7 Å². The number of nitrogens with zero attached hydrogens (tertiary/aromatic N) is 1. The lowest BCUT2D eigenvalue weighted by molar-refractivity contribution is 0.301. The fourth-order valence-electron chi connectivity index (χ4n) is 1.98. The highest BCUT2D eigenvalue weighted by atomic mass is 16.5. The van der Waals surface area contributed by atoms with Crippen LogP contribution in [-0.4, -0.2) is 18.6 Å². The summed E-state index contributed by atoms with van der Waals surface area (Å²) in [7, 11) is 1.94.